The molecule has 2 radical (unpaired) electrons. The van der Waals surface area contributed by atoms with E-state index in [0.717, 1.165) is 17.8 Å². The quantitative estimate of drug-likeness (QED) is 0.475. The van der Waals surface area contributed by atoms with Crippen molar-refractivity contribution in [1.82, 2.24) is 0 Å². The van der Waals surface area contributed by atoms with Crippen molar-refractivity contribution in [2.75, 3.05) is 0 Å². The van der Waals surface area contributed by atoms with Gasteiger partial charge in [-0.15, -0.1) is 0 Å². The summed E-state index contributed by atoms with van der Waals surface area (Å²) in [6.07, 6.45) is 11.6. The van der Waals surface area contributed by atoms with Crippen LogP contribution in [0.15, 0.2) is 11.6 Å². The van der Waals surface area contributed by atoms with Gasteiger partial charge < -0.3 is 0 Å². The summed E-state index contributed by atoms with van der Waals surface area (Å²) in [4.78, 5) is 0. The topological polar surface area (TPSA) is 0 Å². The van der Waals surface area contributed by atoms with Gasteiger partial charge in [0.2, 0.25) is 0 Å². The Labute approximate surface area is 62.3 Å². The van der Waals surface area contributed by atoms with E-state index in [-0.39, 0.29) is 0 Å². The first-order valence-electron chi connectivity index (χ1n) is 4.40. The monoisotopic (exact) mass is 132 g/mol. The van der Waals surface area contributed by atoms with Crippen LogP contribution in [-0.2, 0) is 0 Å². The number of fused-ring (bicyclic) bond motifs is 5. The summed E-state index contributed by atoms with van der Waals surface area (Å²) < 4.78 is 0. The summed E-state index contributed by atoms with van der Waals surface area (Å²) in [7, 11) is 0. The summed E-state index contributed by atoms with van der Waals surface area (Å²) in [5.74, 6) is 2.88. The Balaban J connectivity index is 2.02. The van der Waals surface area contributed by atoms with Crippen LogP contribution in [0, 0.1) is 24.2 Å². The van der Waals surface area contributed by atoms with Crippen molar-refractivity contribution in [3.05, 3.63) is 18.1 Å². The van der Waals surface area contributed by atoms with Crippen LogP contribution in [-0.4, -0.2) is 0 Å². The molecular formula is C10H12. The molecule has 2 fully saturated rings. The summed E-state index contributed by atoms with van der Waals surface area (Å²) in [6, 6.07) is 0. The van der Waals surface area contributed by atoms with Crippen LogP contribution in [0.4, 0.5) is 0 Å². The smallest absolute Gasteiger partial charge is 0.0124 e. The van der Waals surface area contributed by atoms with Crippen molar-refractivity contribution in [2.24, 2.45) is 17.8 Å². The molecule has 3 aliphatic rings. The fourth-order valence-corrected chi connectivity index (χ4v) is 3.05. The van der Waals surface area contributed by atoms with Gasteiger partial charge in [-0.1, -0.05) is 18.1 Å². The molecule has 0 aromatic heterocycles. The SMILES string of the molecule is [C]1C=C2CC1C1CCCC21. The number of hydrogen-bond donors (Lipinski definition) is 0. The molecule has 2 saturated carbocycles. The van der Waals surface area contributed by atoms with E-state index in [1.807, 2.05) is 0 Å². The van der Waals surface area contributed by atoms with Crippen LogP contribution in [0.3, 0.4) is 0 Å². The van der Waals surface area contributed by atoms with E-state index in [1.54, 1.807) is 5.57 Å². The summed E-state index contributed by atoms with van der Waals surface area (Å²) in [6.45, 7) is 0. The molecule has 0 amide bonds. The Morgan fingerprint density at radius 1 is 1.40 bits per heavy atom. The molecule has 0 saturated heterocycles. The molecule has 3 rings (SSSR count). The summed E-state index contributed by atoms with van der Waals surface area (Å²) >= 11 is 0. The highest BCUT2D eigenvalue weighted by atomic mass is 14.5. The van der Waals surface area contributed by atoms with E-state index in [1.165, 1.54) is 25.7 Å². The molecule has 0 aromatic rings. The molecule has 52 valence electrons. The van der Waals surface area contributed by atoms with Crippen molar-refractivity contribution >= 4 is 0 Å². The lowest BCUT2D eigenvalue weighted by Gasteiger charge is -2.18. The van der Waals surface area contributed by atoms with Crippen LogP contribution in [0.2, 0.25) is 0 Å². The maximum atomic E-state index is 3.47. The highest BCUT2D eigenvalue weighted by Gasteiger charge is 2.44. The fraction of sp³-hybridized carbons (Fsp3) is 0.700. The molecular weight excluding hydrogens is 120 g/mol. The largest absolute Gasteiger partial charge is 0.0767 e. The Bertz CT molecular complexity index is 190. The normalized spacial score (nSPS) is 49.6. The lowest BCUT2D eigenvalue weighted by molar-refractivity contribution is 0.395. The van der Waals surface area contributed by atoms with Crippen LogP contribution in [0.5, 0.6) is 0 Å². The molecule has 0 heterocycles. The minimum Gasteiger partial charge on any atom is -0.0767 e. The van der Waals surface area contributed by atoms with Gasteiger partial charge >= 0.3 is 0 Å². The lowest BCUT2D eigenvalue weighted by atomic mass is 9.86. The van der Waals surface area contributed by atoms with E-state index in [4.69, 9.17) is 0 Å². The van der Waals surface area contributed by atoms with Crippen molar-refractivity contribution in [2.45, 2.75) is 25.7 Å². The summed E-state index contributed by atoms with van der Waals surface area (Å²) in [5, 5.41) is 0. The molecule has 10 heavy (non-hydrogen) atoms. The van der Waals surface area contributed by atoms with E-state index < -0.39 is 0 Å². The second kappa shape index (κ2) is 1.66. The average Bonchev–Trinajstić information content (AvgIpc) is 2.60. The van der Waals surface area contributed by atoms with Gasteiger partial charge in [-0.25, -0.2) is 0 Å². The minimum atomic E-state index is 0.850. The van der Waals surface area contributed by atoms with Gasteiger partial charge in [0.1, 0.15) is 0 Å². The summed E-state index contributed by atoms with van der Waals surface area (Å²) in [5.41, 5.74) is 1.73. The van der Waals surface area contributed by atoms with E-state index >= 15 is 0 Å². The van der Waals surface area contributed by atoms with Gasteiger partial charge in [-0.3, -0.25) is 0 Å². The van der Waals surface area contributed by atoms with Crippen LogP contribution in [0.25, 0.3) is 0 Å². The fourth-order valence-electron chi connectivity index (χ4n) is 3.05. The van der Waals surface area contributed by atoms with Gasteiger partial charge in [0.25, 0.3) is 0 Å². The van der Waals surface area contributed by atoms with Crippen molar-refractivity contribution < 1.29 is 0 Å². The van der Waals surface area contributed by atoms with E-state index in [9.17, 15) is 0 Å². The Hall–Kier alpha value is -0.260. The maximum Gasteiger partial charge on any atom is 0.0124 e. The highest BCUT2D eigenvalue weighted by molar-refractivity contribution is 5.30. The standard InChI is InChI=1S/C10H12/c1-2-9-7-4-5-8(6-7)10(9)3-1/h4,8-10H,1-3,6H2. The lowest BCUT2D eigenvalue weighted by Crippen LogP contribution is -2.11. The molecule has 0 heteroatoms. The zero-order valence-corrected chi connectivity index (χ0v) is 6.14. The highest BCUT2D eigenvalue weighted by Crippen LogP contribution is 2.55. The van der Waals surface area contributed by atoms with Gasteiger partial charge in [0.15, 0.2) is 0 Å². The molecule has 0 aliphatic heterocycles. The molecule has 0 nitrogen and oxygen atoms in total. The third kappa shape index (κ3) is 0.492. The van der Waals surface area contributed by atoms with Crippen molar-refractivity contribution in [3.8, 4) is 0 Å². The number of rotatable bonds is 0. The molecule has 0 aromatic carbocycles. The van der Waals surface area contributed by atoms with Gasteiger partial charge in [0, 0.05) is 6.42 Å². The Morgan fingerprint density at radius 2 is 2.40 bits per heavy atom. The Morgan fingerprint density at radius 3 is 3.30 bits per heavy atom. The zero-order valence-electron chi connectivity index (χ0n) is 6.14. The minimum absolute atomic E-state index is 0.850. The number of hydrogen-bond acceptors (Lipinski definition) is 0. The van der Waals surface area contributed by atoms with Crippen molar-refractivity contribution in [1.29, 1.82) is 0 Å². The van der Waals surface area contributed by atoms with Gasteiger partial charge in [-0.05, 0) is 37.0 Å². The first-order valence-corrected chi connectivity index (χ1v) is 4.40. The third-order valence-corrected chi connectivity index (χ3v) is 3.50. The van der Waals surface area contributed by atoms with Crippen LogP contribution >= 0.6 is 0 Å². The predicted octanol–water partition coefficient (Wildman–Crippen LogP) is 2.44. The van der Waals surface area contributed by atoms with Crippen LogP contribution < -0.4 is 0 Å². The number of allylic oxidation sites excluding steroid dienone is 2. The van der Waals surface area contributed by atoms with Gasteiger partial charge in [-0.2, -0.15) is 0 Å². The third-order valence-electron chi connectivity index (χ3n) is 3.50. The first-order chi connectivity index (χ1) is 4.95. The van der Waals surface area contributed by atoms with Crippen molar-refractivity contribution in [3.63, 3.8) is 0 Å². The second-order valence-corrected chi connectivity index (χ2v) is 3.90. The van der Waals surface area contributed by atoms with Gasteiger partial charge in [0.05, 0.1) is 0 Å². The van der Waals surface area contributed by atoms with E-state index in [2.05, 4.69) is 12.5 Å². The molecule has 0 spiro atoms. The van der Waals surface area contributed by atoms with E-state index in [0.29, 0.717) is 0 Å². The second-order valence-electron chi connectivity index (χ2n) is 3.90. The molecule has 0 N–H and O–H groups in total. The molecule has 3 atom stereocenters. The molecule has 3 unspecified atom stereocenters. The predicted molar refractivity (Wildman–Crippen MR) is 40.3 cm³/mol. The first kappa shape index (κ1) is 5.40. The average molecular weight is 132 g/mol. The molecule has 2 bridgehead atoms. The Kier molecular flexibility index (Phi) is 0.898. The van der Waals surface area contributed by atoms with Crippen LogP contribution in [0.1, 0.15) is 25.7 Å². The molecule has 3 aliphatic carbocycles. The zero-order chi connectivity index (χ0) is 6.55. The maximum absolute atomic E-state index is 3.47.